The molecular weight excluding hydrogens is 490 g/mol. The third kappa shape index (κ3) is 6.57. The average Bonchev–Trinajstić information content (AvgIpc) is 3.01. The fourth-order valence-corrected chi connectivity index (χ4v) is 4.51. The highest BCUT2D eigenvalue weighted by Gasteiger charge is 2.22. The molecule has 0 aliphatic carbocycles. The summed E-state index contributed by atoms with van der Waals surface area (Å²) in [5.41, 5.74) is 4.03. The molecule has 1 N–H and O–H groups in total. The first-order valence-electron chi connectivity index (χ1n) is 13.0. The van der Waals surface area contributed by atoms with Crippen molar-refractivity contribution in [1.82, 2.24) is 4.90 Å². The molecule has 1 heterocycles. The number of carbonyl (C=O) groups is 2. The predicted molar refractivity (Wildman–Crippen MR) is 153 cm³/mol. The molecule has 0 unspecified atom stereocenters. The Bertz CT molecular complexity index is 1400. The van der Waals surface area contributed by atoms with Gasteiger partial charge in [-0.3, -0.25) is 9.59 Å². The van der Waals surface area contributed by atoms with Crippen molar-refractivity contribution in [3.63, 3.8) is 0 Å². The first kappa shape index (κ1) is 25.9. The summed E-state index contributed by atoms with van der Waals surface area (Å²) in [6.07, 6.45) is 0. The standard InChI is InChI=1S/C32H31N3O4/c1-38-29-16-10-25(11-17-29)32(37)35-20-18-34(19-21-35)28-14-12-27(13-15-28)33-31(36)26-8-5-9-30(22-26)39-23-24-6-3-2-4-7-24/h2-17,22H,18-21,23H2,1H3,(H,33,36). The Morgan fingerprint density at radius 2 is 1.46 bits per heavy atom. The van der Waals surface area contributed by atoms with E-state index in [2.05, 4.69) is 10.2 Å². The second-order valence-electron chi connectivity index (χ2n) is 9.31. The van der Waals surface area contributed by atoms with Gasteiger partial charge in [-0.15, -0.1) is 0 Å². The van der Waals surface area contributed by atoms with E-state index in [1.54, 1.807) is 43.5 Å². The van der Waals surface area contributed by atoms with Gasteiger partial charge in [0.2, 0.25) is 0 Å². The third-order valence-electron chi connectivity index (χ3n) is 6.74. The molecule has 0 spiro atoms. The van der Waals surface area contributed by atoms with Crippen LogP contribution in [0.5, 0.6) is 11.5 Å². The van der Waals surface area contributed by atoms with E-state index in [0.29, 0.717) is 42.3 Å². The van der Waals surface area contributed by atoms with Crippen LogP contribution in [-0.4, -0.2) is 50.0 Å². The number of hydrogen-bond donors (Lipinski definition) is 1. The molecule has 5 rings (SSSR count). The van der Waals surface area contributed by atoms with E-state index in [-0.39, 0.29) is 11.8 Å². The summed E-state index contributed by atoms with van der Waals surface area (Å²) in [7, 11) is 1.61. The molecule has 1 aliphatic heterocycles. The molecule has 2 amide bonds. The van der Waals surface area contributed by atoms with Gasteiger partial charge in [-0.2, -0.15) is 0 Å². The molecule has 0 radical (unpaired) electrons. The van der Waals surface area contributed by atoms with Gasteiger partial charge in [0.15, 0.2) is 0 Å². The highest BCUT2D eigenvalue weighted by molar-refractivity contribution is 6.04. The van der Waals surface area contributed by atoms with Gasteiger partial charge in [-0.05, 0) is 72.3 Å². The normalized spacial score (nSPS) is 13.1. The molecular formula is C32H31N3O4. The van der Waals surface area contributed by atoms with Crippen LogP contribution in [0.4, 0.5) is 11.4 Å². The van der Waals surface area contributed by atoms with E-state index in [4.69, 9.17) is 9.47 Å². The molecule has 198 valence electrons. The molecule has 0 bridgehead atoms. The number of nitrogens with zero attached hydrogens (tertiary/aromatic N) is 2. The van der Waals surface area contributed by atoms with Gasteiger partial charge in [-0.25, -0.2) is 0 Å². The Morgan fingerprint density at radius 1 is 0.744 bits per heavy atom. The quantitative estimate of drug-likeness (QED) is 0.332. The summed E-state index contributed by atoms with van der Waals surface area (Å²) < 4.78 is 11.0. The second kappa shape index (κ2) is 12.2. The summed E-state index contributed by atoms with van der Waals surface area (Å²) in [6, 6.07) is 32.1. The van der Waals surface area contributed by atoms with Crippen LogP contribution < -0.4 is 19.7 Å². The first-order valence-corrected chi connectivity index (χ1v) is 13.0. The van der Waals surface area contributed by atoms with Crippen molar-refractivity contribution in [2.45, 2.75) is 6.61 Å². The van der Waals surface area contributed by atoms with Crippen LogP contribution in [0.1, 0.15) is 26.3 Å². The highest BCUT2D eigenvalue weighted by Crippen LogP contribution is 2.22. The van der Waals surface area contributed by atoms with Crippen LogP contribution in [0.15, 0.2) is 103 Å². The van der Waals surface area contributed by atoms with Crippen LogP contribution in [0.2, 0.25) is 0 Å². The second-order valence-corrected chi connectivity index (χ2v) is 9.31. The topological polar surface area (TPSA) is 71.1 Å². The van der Waals surface area contributed by atoms with Gasteiger partial charge >= 0.3 is 0 Å². The van der Waals surface area contributed by atoms with E-state index < -0.39 is 0 Å². The summed E-state index contributed by atoms with van der Waals surface area (Å²) in [5.74, 6) is 1.22. The van der Waals surface area contributed by atoms with Crippen molar-refractivity contribution in [1.29, 1.82) is 0 Å². The van der Waals surface area contributed by atoms with Gasteiger partial charge in [0.05, 0.1) is 7.11 Å². The van der Waals surface area contributed by atoms with Crippen molar-refractivity contribution in [2.24, 2.45) is 0 Å². The van der Waals surface area contributed by atoms with E-state index in [0.717, 1.165) is 30.1 Å². The lowest BCUT2D eigenvalue weighted by Gasteiger charge is -2.36. The summed E-state index contributed by atoms with van der Waals surface area (Å²) in [6.45, 7) is 3.21. The Morgan fingerprint density at radius 3 is 2.15 bits per heavy atom. The monoisotopic (exact) mass is 521 g/mol. The molecule has 7 heteroatoms. The van der Waals surface area contributed by atoms with Gasteiger partial charge in [-0.1, -0.05) is 36.4 Å². The number of methoxy groups -OCH3 is 1. The first-order chi connectivity index (χ1) is 19.1. The predicted octanol–water partition coefficient (Wildman–Crippen LogP) is 5.49. The largest absolute Gasteiger partial charge is 0.497 e. The van der Waals surface area contributed by atoms with E-state index >= 15 is 0 Å². The van der Waals surface area contributed by atoms with E-state index in [9.17, 15) is 9.59 Å². The number of piperazine rings is 1. The van der Waals surface area contributed by atoms with Crippen molar-refractivity contribution < 1.29 is 19.1 Å². The van der Waals surface area contributed by atoms with Gasteiger partial charge in [0.1, 0.15) is 18.1 Å². The van der Waals surface area contributed by atoms with Gasteiger partial charge in [0, 0.05) is 48.7 Å². The zero-order valence-corrected chi connectivity index (χ0v) is 21.9. The minimum Gasteiger partial charge on any atom is -0.497 e. The molecule has 0 aromatic heterocycles. The summed E-state index contributed by atoms with van der Waals surface area (Å²) in [4.78, 5) is 29.8. The van der Waals surface area contributed by atoms with Crippen molar-refractivity contribution >= 4 is 23.2 Å². The SMILES string of the molecule is COc1ccc(C(=O)N2CCN(c3ccc(NC(=O)c4cccc(OCc5ccccc5)c4)cc3)CC2)cc1. The maximum Gasteiger partial charge on any atom is 0.255 e. The van der Waals surface area contributed by atoms with Crippen molar-refractivity contribution in [2.75, 3.05) is 43.5 Å². The molecule has 1 aliphatic rings. The zero-order valence-electron chi connectivity index (χ0n) is 21.9. The number of anilines is 2. The number of carbonyl (C=O) groups excluding carboxylic acids is 2. The molecule has 4 aromatic carbocycles. The Kier molecular flexibility index (Phi) is 8.07. The molecule has 1 fully saturated rings. The fourth-order valence-electron chi connectivity index (χ4n) is 4.51. The average molecular weight is 522 g/mol. The Labute approximate surface area is 228 Å². The number of rotatable bonds is 8. The Balaban J connectivity index is 1.13. The van der Waals surface area contributed by atoms with Crippen molar-refractivity contribution in [3.8, 4) is 11.5 Å². The maximum absolute atomic E-state index is 12.9. The number of amides is 2. The lowest BCUT2D eigenvalue weighted by molar-refractivity contribution is 0.0746. The minimum absolute atomic E-state index is 0.0323. The molecule has 4 aromatic rings. The van der Waals surface area contributed by atoms with E-state index in [1.807, 2.05) is 71.6 Å². The lowest BCUT2D eigenvalue weighted by atomic mass is 10.1. The minimum atomic E-state index is -0.196. The van der Waals surface area contributed by atoms with Gasteiger partial charge in [0.25, 0.3) is 11.8 Å². The number of nitrogens with one attached hydrogen (secondary N) is 1. The van der Waals surface area contributed by atoms with Crippen LogP contribution in [0.25, 0.3) is 0 Å². The van der Waals surface area contributed by atoms with Crippen LogP contribution in [0, 0.1) is 0 Å². The van der Waals surface area contributed by atoms with Crippen LogP contribution in [-0.2, 0) is 6.61 Å². The van der Waals surface area contributed by atoms with Crippen LogP contribution >= 0.6 is 0 Å². The number of benzene rings is 4. The van der Waals surface area contributed by atoms with Gasteiger partial charge < -0.3 is 24.6 Å². The molecule has 0 atom stereocenters. The number of hydrogen-bond acceptors (Lipinski definition) is 5. The Hall–Kier alpha value is -4.78. The van der Waals surface area contributed by atoms with Crippen molar-refractivity contribution in [3.05, 3.63) is 120 Å². The zero-order chi connectivity index (χ0) is 27.0. The third-order valence-corrected chi connectivity index (χ3v) is 6.74. The fraction of sp³-hybridized carbons (Fsp3) is 0.188. The smallest absolute Gasteiger partial charge is 0.255 e. The van der Waals surface area contributed by atoms with E-state index in [1.165, 1.54) is 0 Å². The summed E-state index contributed by atoms with van der Waals surface area (Å²) >= 11 is 0. The molecule has 1 saturated heterocycles. The highest BCUT2D eigenvalue weighted by atomic mass is 16.5. The molecule has 7 nitrogen and oxygen atoms in total. The molecule has 39 heavy (non-hydrogen) atoms. The number of ether oxygens (including phenoxy) is 2. The summed E-state index contributed by atoms with van der Waals surface area (Å²) in [5, 5.41) is 2.96. The van der Waals surface area contributed by atoms with Crippen LogP contribution in [0.3, 0.4) is 0 Å². The lowest BCUT2D eigenvalue weighted by Crippen LogP contribution is -2.48. The molecule has 0 saturated carbocycles. The maximum atomic E-state index is 12.9.